The van der Waals surface area contributed by atoms with Crippen LogP contribution in [-0.2, 0) is 6.54 Å². The molecule has 3 heterocycles. The summed E-state index contributed by atoms with van der Waals surface area (Å²) in [5, 5.41) is 9.61. The number of nitriles is 1. The summed E-state index contributed by atoms with van der Waals surface area (Å²) in [4.78, 5) is 13.3. The SMILES string of the molecule is Cc1nc(N2CCC(N(C)Cc3ncoc3C)C2)c(Cl)cc1C#N. The van der Waals surface area contributed by atoms with Gasteiger partial charge in [-0.1, -0.05) is 11.6 Å². The molecule has 6 nitrogen and oxygen atoms in total. The van der Waals surface area contributed by atoms with Gasteiger partial charge in [-0.25, -0.2) is 9.97 Å². The summed E-state index contributed by atoms with van der Waals surface area (Å²) in [6.07, 6.45) is 2.52. The zero-order valence-corrected chi connectivity index (χ0v) is 14.8. The van der Waals surface area contributed by atoms with Gasteiger partial charge in [0, 0.05) is 25.7 Å². The number of halogens is 1. The van der Waals surface area contributed by atoms with E-state index < -0.39 is 0 Å². The van der Waals surface area contributed by atoms with Crippen molar-refractivity contribution in [2.75, 3.05) is 25.0 Å². The average Bonchev–Trinajstić information content (AvgIpc) is 3.19. The summed E-state index contributed by atoms with van der Waals surface area (Å²) >= 11 is 6.33. The van der Waals surface area contributed by atoms with Gasteiger partial charge in [-0.3, -0.25) is 4.90 Å². The van der Waals surface area contributed by atoms with Crippen molar-refractivity contribution in [1.29, 1.82) is 5.26 Å². The van der Waals surface area contributed by atoms with Crippen LogP contribution < -0.4 is 4.90 Å². The second kappa shape index (κ2) is 6.80. The number of pyridine rings is 1. The lowest BCUT2D eigenvalue weighted by Crippen LogP contribution is -2.34. The molecule has 2 aromatic rings. The van der Waals surface area contributed by atoms with Crippen LogP contribution in [-0.4, -0.2) is 41.0 Å². The number of hydrogen-bond donors (Lipinski definition) is 0. The number of nitrogens with zero attached hydrogens (tertiary/aromatic N) is 5. The fourth-order valence-corrected chi connectivity index (χ4v) is 3.31. The number of likely N-dealkylation sites (N-methyl/N-ethyl adjacent to an activating group) is 1. The van der Waals surface area contributed by atoms with Crippen LogP contribution in [0.3, 0.4) is 0 Å². The minimum atomic E-state index is 0.398. The van der Waals surface area contributed by atoms with Gasteiger partial charge in [-0.15, -0.1) is 0 Å². The molecule has 3 rings (SSSR count). The Balaban J connectivity index is 1.70. The van der Waals surface area contributed by atoms with Gasteiger partial charge in [0.2, 0.25) is 0 Å². The molecule has 0 aromatic carbocycles. The minimum absolute atomic E-state index is 0.398. The van der Waals surface area contributed by atoms with E-state index in [0.717, 1.165) is 43.3 Å². The van der Waals surface area contributed by atoms with Crippen LogP contribution in [0.2, 0.25) is 5.02 Å². The molecule has 0 N–H and O–H groups in total. The normalized spacial score (nSPS) is 17.5. The molecular weight excluding hydrogens is 326 g/mol. The first-order chi connectivity index (χ1) is 11.5. The van der Waals surface area contributed by atoms with Crippen molar-refractivity contribution in [3.05, 3.63) is 40.2 Å². The van der Waals surface area contributed by atoms with Gasteiger partial charge in [0.25, 0.3) is 0 Å². The van der Waals surface area contributed by atoms with Gasteiger partial charge in [-0.05, 0) is 33.4 Å². The summed E-state index contributed by atoms with van der Waals surface area (Å²) in [5.41, 5.74) is 2.21. The van der Waals surface area contributed by atoms with Crippen LogP contribution >= 0.6 is 11.6 Å². The maximum atomic E-state index is 9.08. The Morgan fingerprint density at radius 1 is 1.50 bits per heavy atom. The van der Waals surface area contributed by atoms with Crippen LogP contribution in [0.5, 0.6) is 0 Å². The highest BCUT2D eigenvalue weighted by atomic mass is 35.5. The minimum Gasteiger partial charge on any atom is -0.448 e. The predicted molar refractivity (Wildman–Crippen MR) is 92.0 cm³/mol. The highest BCUT2D eigenvalue weighted by molar-refractivity contribution is 6.33. The molecule has 1 aliphatic heterocycles. The van der Waals surface area contributed by atoms with E-state index >= 15 is 0 Å². The summed E-state index contributed by atoms with van der Waals surface area (Å²) in [7, 11) is 2.10. The largest absolute Gasteiger partial charge is 0.448 e. The third-order valence-electron chi connectivity index (χ3n) is 4.60. The predicted octanol–water partition coefficient (Wildman–Crippen LogP) is 2.92. The fraction of sp³-hybridized carbons (Fsp3) is 0.471. The van der Waals surface area contributed by atoms with Gasteiger partial charge in [0.1, 0.15) is 17.6 Å². The Bertz CT molecular complexity index is 782. The number of aryl methyl sites for hydroxylation is 2. The molecule has 1 fully saturated rings. The Morgan fingerprint density at radius 2 is 2.29 bits per heavy atom. The Morgan fingerprint density at radius 3 is 2.96 bits per heavy atom. The molecule has 0 amide bonds. The second-order valence-electron chi connectivity index (χ2n) is 6.20. The van der Waals surface area contributed by atoms with Crippen molar-refractivity contribution in [2.24, 2.45) is 0 Å². The fourth-order valence-electron chi connectivity index (χ4n) is 3.04. The number of aromatic nitrogens is 2. The first-order valence-electron chi connectivity index (χ1n) is 7.91. The molecule has 0 saturated carbocycles. The monoisotopic (exact) mass is 345 g/mol. The maximum absolute atomic E-state index is 9.08. The summed E-state index contributed by atoms with van der Waals surface area (Å²) in [6.45, 7) is 6.27. The number of hydrogen-bond acceptors (Lipinski definition) is 6. The lowest BCUT2D eigenvalue weighted by Gasteiger charge is -2.25. The first-order valence-corrected chi connectivity index (χ1v) is 8.28. The van der Waals surface area contributed by atoms with Crippen LogP contribution in [0.1, 0.15) is 29.1 Å². The zero-order chi connectivity index (χ0) is 17.3. The molecule has 0 spiro atoms. The van der Waals surface area contributed by atoms with Gasteiger partial charge in [0.15, 0.2) is 6.39 Å². The first kappa shape index (κ1) is 16.7. The summed E-state index contributed by atoms with van der Waals surface area (Å²) < 4.78 is 5.27. The molecule has 0 bridgehead atoms. The molecule has 1 aliphatic rings. The van der Waals surface area contributed by atoms with Crippen molar-refractivity contribution in [3.63, 3.8) is 0 Å². The Hall–Kier alpha value is -2.10. The lowest BCUT2D eigenvalue weighted by molar-refractivity contribution is 0.247. The van der Waals surface area contributed by atoms with Crippen LogP contribution in [0, 0.1) is 25.2 Å². The quantitative estimate of drug-likeness (QED) is 0.848. The summed E-state index contributed by atoms with van der Waals surface area (Å²) in [6, 6.07) is 4.22. The number of anilines is 1. The van der Waals surface area contributed by atoms with E-state index in [9.17, 15) is 0 Å². The third-order valence-corrected chi connectivity index (χ3v) is 4.88. The molecule has 2 aromatic heterocycles. The van der Waals surface area contributed by atoms with E-state index in [1.807, 2.05) is 13.8 Å². The van der Waals surface area contributed by atoms with Crippen molar-refractivity contribution < 1.29 is 4.42 Å². The van der Waals surface area contributed by atoms with Crippen LogP contribution in [0.4, 0.5) is 5.82 Å². The van der Waals surface area contributed by atoms with Crippen molar-refractivity contribution in [2.45, 2.75) is 32.9 Å². The molecule has 7 heteroatoms. The van der Waals surface area contributed by atoms with E-state index in [0.29, 0.717) is 22.3 Å². The van der Waals surface area contributed by atoms with Gasteiger partial charge < -0.3 is 9.32 Å². The van der Waals surface area contributed by atoms with Crippen LogP contribution in [0.25, 0.3) is 0 Å². The third kappa shape index (κ3) is 3.23. The zero-order valence-electron chi connectivity index (χ0n) is 14.1. The van der Waals surface area contributed by atoms with Crippen molar-refractivity contribution >= 4 is 17.4 Å². The highest BCUT2D eigenvalue weighted by Crippen LogP contribution is 2.30. The van der Waals surface area contributed by atoms with Crippen LogP contribution in [0.15, 0.2) is 16.9 Å². The topological polar surface area (TPSA) is 69.2 Å². The maximum Gasteiger partial charge on any atom is 0.181 e. The van der Waals surface area contributed by atoms with Gasteiger partial charge in [0.05, 0.1) is 22.0 Å². The summed E-state index contributed by atoms with van der Waals surface area (Å²) in [5.74, 6) is 1.63. The Kier molecular flexibility index (Phi) is 4.74. The van der Waals surface area contributed by atoms with E-state index in [1.165, 1.54) is 6.39 Å². The van der Waals surface area contributed by atoms with E-state index in [4.69, 9.17) is 21.3 Å². The van der Waals surface area contributed by atoms with E-state index in [-0.39, 0.29) is 0 Å². The molecule has 1 atom stereocenters. The molecular formula is C17H20ClN5O. The number of oxazole rings is 1. The molecule has 1 unspecified atom stereocenters. The van der Waals surface area contributed by atoms with Gasteiger partial charge >= 0.3 is 0 Å². The average molecular weight is 346 g/mol. The smallest absolute Gasteiger partial charge is 0.181 e. The Labute approximate surface area is 146 Å². The second-order valence-corrected chi connectivity index (χ2v) is 6.60. The lowest BCUT2D eigenvalue weighted by atomic mass is 10.2. The molecule has 1 saturated heterocycles. The standard InChI is InChI=1S/C17H20ClN5O/c1-11-13(7-19)6-15(18)17(21-11)23-5-4-14(8-23)22(3)9-16-12(2)24-10-20-16/h6,10,14H,4-5,8-9H2,1-3H3. The van der Waals surface area contributed by atoms with Crippen molar-refractivity contribution in [1.82, 2.24) is 14.9 Å². The molecule has 24 heavy (non-hydrogen) atoms. The molecule has 126 valence electrons. The highest BCUT2D eigenvalue weighted by Gasteiger charge is 2.28. The number of rotatable bonds is 4. The van der Waals surface area contributed by atoms with E-state index in [2.05, 4.69) is 32.9 Å². The van der Waals surface area contributed by atoms with E-state index in [1.54, 1.807) is 6.07 Å². The van der Waals surface area contributed by atoms with Crippen molar-refractivity contribution in [3.8, 4) is 6.07 Å². The molecule has 0 aliphatic carbocycles. The molecule has 0 radical (unpaired) electrons. The van der Waals surface area contributed by atoms with Gasteiger partial charge in [-0.2, -0.15) is 5.26 Å².